The van der Waals surface area contributed by atoms with Crippen molar-refractivity contribution < 1.29 is 0 Å². The number of hydrogen-bond acceptors (Lipinski definition) is 2. The Kier molecular flexibility index (Phi) is 4.18. The van der Waals surface area contributed by atoms with E-state index in [1.807, 2.05) is 12.1 Å². The lowest BCUT2D eigenvalue weighted by Crippen LogP contribution is -2.48. The van der Waals surface area contributed by atoms with Gasteiger partial charge in [0.1, 0.15) is 17.7 Å². The molecule has 1 heterocycles. The minimum absolute atomic E-state index is 0.141. The predicted octanol–water partition coefficient (Wildman–Crippen LogP) is 5.99. The van der Waals surface area contributed by atoms with Gasteiger partial charge in [-0.2, -0.15) is 10.5 Å². The highest BCUT2D eigenvalue weighted by Gasteiger charge is 2.51. The van der Waals surface area contributed by atoms with Gasteiger partial charge in [0.2, 0.25) is 0 Å². The summed E-state index contributed by atoms with van der Waals surface area (Å²) in [6.07, 6.45) is 10.3. The Hall–Kier alpha value is -2.78. The molecule has 2 aromatic rings. The molecule has 4 fully saturated rings. The van der Waals surface area contributed by atoms with Gasteiger partial charge in [-0.05, 0) is 111 Å². The van der Waals surface area contributed by atoms with Crippen LogP contribution in [0.15, 0.2) is 35.9 Å². The quantitative estimate of drug-likeness (QED) is 0.613. The fraction of sp³-hybridized carbons (Fsp3) is 0.462. The molecule has 4 aliphatic rings. The van der Waals surface area contributed by atoms with Crippen LogP contribution in [0.3, 0.4) is 0 Å². The Bertz CT molecular complexity index is 1020. The van der Waals surface area contributed by atoms with Gasteiger partial charge >= 0.3 is 0 Å². The van der Waals surface area contributed by atoms with E-state index in [9.17, 15) is 0 Å². The van der Waals surface area contributed by atoms with Crippen LogP contribution in [0.25, 0.3) is 11.8 Å². The first-order valence-corrected chi connectivity index (χ1v) is 10.8. The van der Waals surface area contributed by atoms with Crippen LogP contribution in [-0.2, 0) is 5.41 Å². The van der Waals surface area contributed by atoms with Gasteiger partial charge in [-0.1, -0.05) is 12.1 Å². The molecule has 0 amide bonds. The first-order valence-electron chi connectivity index (χ1n) is 10.8. The van der Waals surface area contributed by atoms with E-state index in [1.54, 1.807) is 11.6 Å². The first-order chi connectivity index (χ1) is 14.0. The van der Waals surface area contributed by atoms with E-state index in [0.717, 1.165) is 40.4 Å². The average molecular weight is 382 g/mol. The molecule has 0 unspecified atom stereocenters. The van der Waals surface area contributed by atoms with Crippen LogP contribution in [-0.4, -0.2) is 4.57 Å². The Labute approximate surface area is 173 Å². The monoisotopic (exact) mass is 381 g/mol. The smallest absolute Gasteiger partial charge is 0.130 e. The summed E-state index contributed by atoms with van der Waals surface area (Å²) in [6, 6.07) is 15.2. The molecule has 0 N–H and O–H groups in total. The molecule has 0 spiro atoms. The fourth-order valence-corrected chi connectivity index (χ4v) is 7.00. The topological polar surface area (TPSA) is 52.5 Å². The van der Waals surface area contributed by atoms with E-state index in [4.69, 9.17) is 10.5 Å². The minimum atomic E-state index is 0.141. The van der Waals surface area contributed by atoms with Crippen LogP contribution < -0.4 is 0 Å². The summed E-state index contributed by atoms with van der Waals surface area (Å²) in [5, 5.41) is 18.1. The SMILES string of the molecule is Cc1cc(C=C(C#N)C#N)c(C)n1-c1ccc(C23CC4CC(CC(C4)C2)C3)cc1. The van der Waals surface area contributed by atoms with Crippen molar-refractivity contribution in [1.82, 2.24) is 4.57 Å². The zero-order valence-corrected chi connectivity index (χ0v) is 17.3. The van der Waals surface area contributed by atoms with Gasteiger partial charge in [0.15, 0.2) is 0 Å². The van der Waals surface area contributed by atoms with Crippen molar-refractivity contribution >= 4 is 6.08 Å². The molecule has 1 aromatic heterocycles. The summed E-state index contributed by atoms with van der Waals surface area (Å²) in [6.45, 7) is 4.13. The van der Waals surface area contributed by atoms with Crippen molar-refractivity contribution in [2.24, 2.45) is 17.8 Å². The Morgan fingerprint density at radius 1 is 0.966 bits per heavy atom. The molecule has 0 saturated heterocycles. The molecular weight excluding hydrogens is 354 g/mol. The number of nitrogens with zero attached hydrogens (tertiary/aromatic N) is 3. The second-order valence-electron chi connectivity index (χ2n) is 9.69. The third-order valence-corrected chi connectivity index (χ3v) is 7.79. The number of benzene rings is 1. The molecule has 0 aliphatic heterocycles. The van der Waals surface area contributed by atoms with Gasteiger partial charge in [-0.3, -0.25) is 0 Å². The Morgan fingerprint density at radius 3 is 2.03 bits per heavy atom. The standard InChI is InChI=1S/C26H27N3/c1-17-7-23(11-22(15-27)16-28)18(2)29(17)25-5-3-24(4-6-25)26-12-19-8-20(13-26)10-21(9-19)14-26/h3-7,11,19-21H,8-10,12-14H2,1-2H3. The van der Waals surface area contributed by atoms with Gasteiger partial charge in [0.25, 0.3) is 0 Å². The highest BCUT2D eigenvalue weighted by molar-refractivity contribution is 5.65. The summed E-state index contributed by atoms with van der Waals surface area (Å²) in [4.78, 5) is 0. The van der Waals surface area contributed by atoms with Crippen molar-refractivity contribution in [3.63, 3.8) is 0 Å². The van der Waals surface area contributed by atoms with Gasteiger partial charge in [-0.15, -0.1) is 0 Å². The molecule has 3 nitrogen and oxygen atoms in total. The lowest BCUT2D eigenvalue weighted by molar-refractivity contribution is -0.00518. The van der Waals surface area contributed by atoms with E-state index in [-0.39, 0.29) is 5.57 Å². The first kappa shape index (κ1) is 18.3. The number of allylic oxidation sites excluding steroid dienone is 1. The number of hydrogen-bond donors (Lipinski definition) is 0. The van der Waals surface area contributed by atoms with Gasteiger partial charge in [-0.25, -0.2) is 0 Å². The van der Waals surface area contributed by atoms with E-state index in [2.05, 4.69) is 48.7 Å². The fourth-order valence-electron chi connectivity index (χ4n) is 7.00. The summed E-state index contributed by atoms with van der Waals surface area (Å²) in [5.41, 5.74) is 6.38. The van der Waals surface area contributed by atoms with Crippen LogP contribution >= 0.6 is 0 Å². The summed E-state index contributed by atoms with van der Waals surface area (Å²) < 4.78 is 2.22. The molecule has 4 saturated carbocycles. The lowest BCUT2D eigenvalue weighted by atomic mass is 9.48. The second kappa shape index (κ2) is 6.64. The number of aryl methyl sites for hydroxylation is 1. The summed E-state index contributed by atoms with van der Waals surface area (Å²) in [5.74, 6) is 2.87. The highest BCUT2D eigenvalue weighted by Crippen LogP contribution is 2.60. The summed E-state index contributed by atoms with van der Waals surface area (Å²) >= 11 is 0. The van der Waals surface area contributed by atoms with Crippen LogP contribution in [0.2, 0.25) is 0 Å². The molecule has 0 atom stereocenters. The maximum absolute atomic E-state index is 9.07. The maximum atomic E-state index is 9.07. The zero-order chi connectivity index (χ0) is 20.2. The van der Waals surface area contributed by atoms with Gasteiger partial charge < -0.3 is 4.57 Å². The van der Waals surface area contributed by atoms with Crippen molar-refractivity contribution in [3.8, 4) is 17.8 Å². The van der Waals surface area contributed by atoms with Gasteiger partial charge in [0.05, 0.1) is 0 Å². The number of aromatic nitrogens is 1. The third-order valence-electron chi connectivity index (χ3n) is 7.79. The van der Waals surface area contributed by atoms with Crippen LogP contribution in [0.1, 0.15) is 61.0 Å². The minimum Gasteiger partial charge on any atom is -0.318 e. The predicted molar refractivity (Wildman–Crippen MR) is 114 cm³/mol. The molecule has 4 bridgehead atoms. The van der Waals surface area contributed by atoms with E-state index in [0.29, 0.717) is 5.41 Å². The zero-order valence-electron chi connectivity index (χ0n) is 17.3. The van der Waals surface area contributed by atoms with Crippen LogP contribution in [0.4, 0.5) is 0 Å². The average Bonchev–Trinajstić information content (AvgIpc) is 2.98. The van der Waals surface area contributed by atoms with Crippen molar-refractivity contribution in [2.75, 3.05) is 0 Å². The molecule has 6 rings (SSSR count). The third kappa shape index (κ3) is 2.92. The van der Waals surface area contributed by atoms with E-state index >= 15 is 0 Å². The maximum Gasteiger partial charge on any atom is 0.130 e. The number of nitriles is 2. The Balaban J connectivity index is 1.48. The van der Waals surface area contributed by atoms with Crippen molar-refractivity contribution in [2.45, 2.75) is 57.8 Å². The molecule has 0 radical (unpaired) electrons. The second-order valence-corrected chi connectivity index (χ2v) is 9.69. The number of rotatable bonds is 3. The van der Waals surface area contributed by atoms with Crippen molar-refractivity contribution in [3.05, 3.63) is 58.4 Å². The largest absolute Gasteiger partial charge is 0.318 e. The van der Waals surface area contributed by atoms with Crippen molar-refractivity contribution in [1.29, 1.82) is 10.5 Å². The van der Waals surface area contributed by atoms with E-state index in [1.165, 1.54) is 38.5 Å². The molecular formula is C26H27N3. The Morgan fingerprint density at radius 2 is 1.52 bits per heavy atom. The molecule has 1 aromatic carbocycles. The molecule has 4 aliphatic carbocycles. The highest BCUT2D eigenvalue weighted by atomic mass is 15.0. The van der Waals surface area contributed by atoms with Gasteiger partial charge in [0, 0.05) is 17.1 Å². The van der Waals surface area contributed by atoms with E-state index < -0.39 is 0 Å². The lowest BCUT2D eigenvalue weighted by Gasteiger charge is -2.57. The molecule has 146 valence electrons. The van der Waals surface area contributed by atoms with Crippen LogP contribution in [0, 0.1) is 54.3 Å². The molecule has 3 heteroatoms. The normalized spacial score (nSPS) is 29.3. The summed E-state index contributed by atoms with van der Waals surface area (Å²) in [7, 11) is 0. The van der Waals surface area contributed by atoms with Crippen LogP contribution in [0.5, 0.6) is 0 Å². The molecule has 29 heavy (non-hydrogen) atoms.